The first-order chi connectivity index (χ1) is 18.3. The number of hydrogen-bond donors (Lipinski definition) is 0. The maximum Gasteiger partial charge on any atom is 0.336 e. The van der Waals surface area contributed by atoms with Gasteiger partial charge in [0.2, 0.25) is 0 Å². The first-order valence-corrected chi connectivity index (χ1v) is 16.1. The summed E-state index contributed by atoms with van der Waals surface area (Å²) >= 11 is 0. The van der Waals surface area contributed by atoms with Gasteiger partial charge in [0.25, 0.3) is 5.79 Å². The molecule has 222 valence electrons. The zero-order chi connectivity index (χ0) is 28.5. The molecular formula is C34H62O4. The summed E-state index contributed by atoms with van der Waals surface area (Å²) in [5.41, 5.74) is 0.644. The zero-order valence-corrected chi connectivity index (χ0v) is 25.8. The summed E-state index contributed by atoms with van der Waals surface area (Å²) in [6.45, 7) is 15.3. The van der Waals surface area contributed by atoms with Crippen LogP contribution in [0.4, 0.5) is 0 Å². The van der Waals surface area contributed by atoms with Crippen molar-refractivity contribution in [1.82, 2.24) is 0 Å². The van der Waals surface area contributed by atoms with Crippen molar-refractivity contribution < 1.29 is 19.1 Å². The van der Waals surface area contributed by atoms with Crippen LogP contribution in [0.1, 0.15) is 175 Å². The number of hydrogen-bond acceptors (Lipinski definition) is 4. The van der Waals surface area contributed by atoms with E-state index in [0.717, 1.165) is 38.5 Å². The molecule has 38 heavy (non-hydrogen) atoms. The minimum absolute atomic E-state index is 0.322. The third-order valence-corrected chi connectivity index (χ3v) is 7.33. The lowest BCUT2D eigenvalue weighted by Gasteiger charge is -2.33. The summed E-state index contributed by atoms with van der Waals surface area (Å²) < 4.78 is 11.7. The molecule has 0 bridgehead atoms. The number of carbonyl (C=O) groups is 2. The molecule has 0 rings (SSSR count). The van der Waals surface area contributed by atoms with Gasteiger partial charge in [-0.2, -0.15) is 0 Å². The molecule has 0 heterocycles. The topological polar surface area (TPSA) is 52.6 Å². The second kappa shape index (κ2) is 24.5. The van der Waals surface area contributed by atoms with Crippen molar-refractivity contribution in [3.05, 3.63) is 24.3 Å². The maximum absolute atomic E-state index is 12.6. The standard InChI is InChI=1S/C34H62O4/c1-7-9-11-13-15-17-19-21-23-25-27-29-34(37-32(35)30(3)4,38-33(36)31(5)6)28-26-24-22-20-18-16-14-12-10-8-2/h3,5,7-29H2,1-2,4,6H3. The minimum Gasteiger partial charge on any atom is -0.419 e. The molecule has 0 N–H and O–H groups in total. The van der Waals surface area contributed by atoms with E-state index in [1.165, 1.54) is 96.3 Å². The van der Waals surface area contributed by atoms with Gasteiger partial charge < -0.3 is 9.47 Å². The molecule has 0 spiro atoms. The van der Waals surface area contributed by atoms with Gasteiger partial charge in [-0.05, 0) is 26.7 Å². The highest BCUT2D eigenvalue weighted by atomic mass is 16.7. The molecule has 0 fully saturated rings. The Labute approximate surface area is 236 Å². The summed E-state index contributed by atoms with van der Waals surface area (Å²) in [6, 6.07) is 0. The molecule has 0 aliphatic heterocycles. The molecule has 0 aromatic rings. The first kappa shape index (κ1) is 36.4. The summed E-state index contributed by atoms with van der Waals surface area (Å²) in [6.07, 6.45) is 26.9. The molecule has 0 aliphatic rings. The summed E-state index contributed by atoms with van der Waals surface area (Å²) in [7, 11) is 0. The zero-order valence-electron chi connectivity index (χ0n) is 25.8. The van der Waals surface area contributed by atoms with Gasteiger partial charge >= 0.3 is 11.9 Å². The van der Waals surface area contributed by atoms with E-state index < -0.39 is 17.7 Å². The third kappa shape index (κ3) is 20.4. The fourth-order valence-corrected chi connectivity index (χ4v) is 4.80. The average molecular weight is 535 g/mol. The van der Waals surface area contributed by atoms with Crippen molar-refractivity contribution in [3.63, 3.8) is 0 Å². The second-order valence-corrected chi connectivity index (χ2v) is 11.5. The van der Waals surface area contributed by atoms with Crippen LogP contribution in [0.2, 0.25) is 0 Å². The van der Waals surface area contributed by atoms with Crippen LogP contribution in [-0.4, -0.2) is 17.7 Å². The van der Waals surface area contributed by atoms with E-state index in [1.807, 2.05) is 0 Å². The van der Waals surface area contributed by atoms with Crippen molar-refractivity contribution in [2.75, 3.05) is 0 Å². The number of carbonyl (C=O) groups excluding carboxylic acids is 2. The Bertz CT molecular complexity index is 608. The monoisotopic (exact) mass is 534 g/mol. The van der Waals surface area contributed by atoms with Crippen LogP contribution in [0.3, 0.4) is 0 Å². The molecule has 0 radical (unpaired) electrons. The highest BCUT2D eigenvalue weighted by Gasteiger charge is 2.38. The van der Waals surface area contributed by atoms with Crippen LogP contribution in [0.5, 0.6) is 0 Å². The van der Waals surface area contributed by atoms with E-state index in [2.05, 4.69) is 27.0 Å². The van der Waals surface area contributed by atoms with Gasteiger partial charge in [-0.15, -0.1) is 0 Å². The van der Waals surface area contributed by atoms with E-state index in [1.54, 1.807) is 13.8 Å². The van der Waals surface area contributed by atoms with Gasteiger partial charge in [0, 0.05) is 24.0 Å². The van der Waals surface area contributed by atoms with E-state index in [4.69, 9.17) is 9.47 Å². The van der Waals surface area contributed by atoms with Crippen molar-refractivity contribution in [1.29, 1.82) is 0 Å². The molecule has 0 aromatic carbocycles. The van der Waals surface area contributed by atoms with Crippen LogP contribution in [0.25, 0.3) is 0 Å². The second-order valence-electron chi connectivity index (χ2n) is 11.5. The quantitative estimate of drug-likeness (QED) is 0.0455. The molecule has 0 amide bonds. The van der Waals surface area contributed by atoms with Crippen molar-refractivity contribution in [2.45, 2.75) is 181 Å². The fourth-order valence-electron chi connectivity index (χ4n) is 4.80. The van der Waals surface area contributed by atoms with Crippen molar-refractivity contribution in [3.8, 4) is 0 Å². The van der Waals surface area contributed by atoms with Crippen LogP contribution in [0, 0.1) is 0 Å². The molecule has 4 heteroatoms. The normalized spacial score (nSPS) is 11.4. The highest BCUT2D eigenvalue weighted by molar-refractivity contribution is 5.89. The molecule has 0 aromatic heterocycles. The molecular weight excluding hydrogens is 472 g/mol. The van der Waals surface area contributed by atoms with Crippen molar-refractivity contribution in [2.24, 2.45) is 0 Å². The Morgan fingerprint density at radius 3 is 0.947 bits per heavy atom. The summed E-state index contributed by atoms with van der Waals surface area (Å²) in [5.74, 6) is -2.21. The lowest BCUT2D eigenvalue weighted by molar-refractivity contribution is -0.229. The molecule has 4 nitrogen and oxygen atoms in total. The van der Waals surface area contributed by atoms with Crippen LogP contribution >= 0.6 is 0 Å². The smallest absolute Gasteiger partial charge is 0.336 e. The van der Waals surface area contributed by atoms with E-state index in [9.17, 15) is 9.59 Å². The maximum atomic E-state index is 12.6. The first-order valence-electron chi connectivity index (χ1n) is 16.1. The van der Waals surface area contributed by atoms with E-state index in [0.29, 0.717) is 24.0 Å². The minimum atomic E-state index is -1.23. The predicted octanol–water partition coefficient (Wildman–Crippen LogP) is 10.9. The predicted molar refractivity (Wildman–Crippen MR) is 162 cm³/mol. The number of unbranched alkanes of at least 4 members (excludes halogenated alkanes) is 19. The number of rotatable bonds is 27. The molecule has 0 saturated carbocycles. The summed E-state index contributed by atoms with van der Waals surface area (Å²) in [5, 5.41) is 0. The van der Waals surface area contributed by atoms with Gasteiger partial charge in [0.1, 0.15) is 0 Å². The van der Waals surface area contributed by atoms with Gasteiger partial charge in [-0.1, -0.05) is 149 Å². The fraction of sp³-hybridized carbons (Fsp3) is 0.824. The molecule has 0 saturated heterocycles. The van der Waals surface area contributed by atoms with Gasteiger partial charge in [-0.3, -0.25) is 0 Å². The highest BCUT2D eigenvalue weighted by Crippen LogP contribution is 2.31. The molecule has 0 atom stereocenters. The van der Waals surface area contributed by atoms with Crippen LogP contribution < -0.4 is 0 Å². The Hall–Kier alpha value is -1.58. The third-order valence-electron chi connectivity index (χ3n) is 7.33. The van der Waals surface area contributed by atoms with E-state index in [-0.39, 0.29) is 0 Å². The van der Waals surface area contributed by atoms with Crippen LogP contribution in [0.15, 0.2) is 24.3 Å². The van der Waals surface area contributed by atoms with Crippen LogP contribution in [-0.2, 0) is 19.1 Å². The average Bonchev–Trinajstić information content (AvgIpc) is 2.88. The van der Waals surface area contributed by atoms with Gasteiger partial charge in [0.15, 0.2) is 0 Å². The Balaban J connectivity index is 4.74. The number of ether oxygens (including phenoxy) is 2. The van der Waals surface area contributed by atoms with Gasteiger partial charge in [0.05, 0.1) is 0 Å². The number of esters is 2. The molecule has 0 aliphatic carbocycles. The van der Waals surface area contributed by atoms with E-state index >= 15 is 0 Å². The molecule has 0 unspecified atom stereocenters. The Morgan fingerprint density at radius 1 is 0.474 bits per heavy atom. The lowest BCUT2D eigenvalue weighted by Crippen LogP contribution is -2.40. The summed E-state index contributed by atoms with van der Waals surface area (Å²) in [4.78, 5) is 25.1. The SMILES string of the molecule is C=C(C)C(=O)OC(CCCCCCCCCCCC)(CCCCCCCCCCCCC)OC(=O)C(=C)C. The largest absolute Gasteiger partial charge is 0.419 e. The lowest BCUT2D eigenvalue weighted by atomic mass is 9.98. The van der Waals surface area contributed by atoms with Crippen molar-refractivity contribution >= 4 is 11.9 Å². The Morgan fingerprint density at radius 2 is 0.711 bits per heavy atom. The van der Waals surface area contributed by atoms with Gasteiger partial charge in [-0.25, -0.2) is 9.59 Å². The Kier molecular flexibility index (Phi) is 23.4.